The predicted molar refractivity (Wildman–Crippen MR) is 146 cm³/mol. The third-order valence-electron chi connectivity index (χ3n) is 6.08. The summed E-state index contributed by atoms with van der Waals surface area (Å²) in [6.45, 7) is 15.7. The summed E-state index contributed by atoms with van der Waals surface area (Å²) in [5.41, 5.74) is 0.629. The molecule has 0 bridgehead atoms. The van der Waals surface area contributed by atoms with Crippen molar-refractivity contribution in [2.75, 3.05) is 19.5 Å². The average molecular weight is 501 g/mol. The Hall–Kier alpha value is -1.99. The van der Waals surface area contributed by atoms with E-state index in [-0.39, 0.29) is 17.6 Å². The van der Waals surface area contributed by atoms with E-state index in [0.717, 1.165) is 12.7 Å². The first-order chi connectivity index (χ1) is 15.9. The molecular formula is C28H40O4SSi. The molecule has 0 aliphatic heterocycles. The van der Waals surface area contributed by atoms with Gasteiger partial charge in [0.15, 0.2) is 0 Å². The van der Waals surface area contributed by atoms with Gasteiger partial charge in [0.05, 0.1) is 12.9 Å². The van der Waals surface area contributed by atoms with Gasteiger partial charge in [-0.3, -0.25) is 4.18 Å². The molecule has 0 saturated carbocycles. The van der Waals surface area contributed by atoms with Crippen LogP contribution < -0.4 is 10.4 Å². The summed E-state index contributed by atoms with van der Waals surface area (Å²) < 4.78 is 34.3. The van der Waals surface area contributed by atoms with Gasteiger partial charge < -0.3 is 4.43 Å². The van der Waals surface area contributed by atoms with Gasteiger partial charge in [0, 0.05) is 6.61 Å². The first-order valence-electron chi connectivity index (χ1n) is 11.8. The van der Waals surface area contributed by atoms with Gasteiger partial charge in [0.25, 0.3) is 18.4 Å². The molecule has 0 aliphatic carbocycles. The maximum Gasteiger partial charge on any atom is 0.264 e. The van der Waals surface area contributed by atoms with Gasteiger partial charge in [0.1, 0.15) is 0 Å². The van der Waals surface area contributed by atoms with Crippen LogP contribution in [0.5, 0.6) is 0 Å². The van der Waals surface area contributed by atoms with Crippen LogP contribution in [0.25, 0.3) is 0 Å². The van der Waals surface area contributed by atoms with Crippen LogP contribution in [0.2, 0.25) is 5.04 Å². The zero-order chi connectivity index (χ0) is 25.4. The van der Waals surface area contributed by atoms with Crippen LogP contribution in [0, 0.1) is 11.8 Å². The highest BCUT2D eigenvalue weighted by Gasteiger charge is 2.50. The van der Waals surface area contributed by atoms with Crippen molar-refractivity contribution in [1.82, 2.24) is 0 Å². The van der Waals surface area contributed by atoms with E-state index >= 15 is 0 Å². The summed E-state index contributed by atoms with van der Waals surface area (Å²) in [6, 6.07) is 21.3. The van der Waals surface area contributed by atoms with E-state index in [1.165, 1.54) is 10.4 Å². The smallest absolute Gasteiger partial charge is 0.264 e. The molecule has 2 aromatic rings. The number of hydrogen-bond acceptors (Lipinski definition) is 4. The van der Waals surface area contributed by atoms with Gasteiger partial charge in [-0.15, -0.1) is 0 Å². The molecule has 0 saturated heterocycles. The van der Waals surface area contributed by atoms with Crippen LogP contribution in [0.3, 0.4) is 0 Å². The highest BCUT2D eigenvalue weighted by molar-refractivity contribution is 7.86. The lowest BCUT2D eigenvalue weighted by Gasteiger charge is -2.43. The highest BCUT2D eigenvalue weighted by atomic mass is 32.2. The molecular weight excluding hydrogens is 460 g/mol. The van der Waals surface area contributed by atoms with E-state index in [9.17, 15) is 8.42 Å². The minimum absolute atomic E-state index is 0.0291. The predicted octanol–water partition coefficient (Wildman–Crippen LogP) is 5.31. The quantitative estimate of drug-likeness (QED) is 0.225. The first-order valence-corrected chi connectivity index (χ1v) is 15.5. The molecule has 0 heterocycles. The van der Waals surface area contributed by atoms with E-state index < -0.39 is 18.4 Å². The number of allylic oxidation sites excluding steroid dienone is 1. The van der Waals surface area contributed by atoms with E-state index in [0.29, 0.717) is 18.1 Å². The molecule has 186 valence electrons. The molecule has 0 amide bonds. The maximum atomic E-state index is 11.2. The van der Waals surface area contributed by atoms with Crippen LogP contribution in [0.4, 0.5) is 0 Å². The normalized spacial score (nSPS) is 14.0. The number of benzene rings is 2. The Morgan fingerprint density at radius 3 is 1.91 bits per heavy atom. The maximum absolute atomic E-state index is 11.2. The summed E-state index contributed by atoms with van der Waals surface area (Å²) in [4.78, 5) is 0. The summed E-state index contributed by atoms with van der Waals surface area (Å²) in [6.07, 6.45) is 5.88. The van der Waals surface area contributed by atoms with Crippen LogP contribution in [0.15, 0.2) is 85.0 Å². The van der Waals surface area contributed by atoms with E-state index in [4.69, 9.17) is 8.61 Å². The molecule has 0 fully saturated rings. The van der Waals surface area contributed by atoms with Gasteiger partial charge >= 0.3 is 0 Å². The number of hydrogen-bond donors (Lipinski definition) is 0. The SMILES string of the molecule is C=C(/C=C/[C@@H](CCO[Si](c1ccccc1)(c1ccccc1)C(C)(C)C)C(C)C)COS(C)(=O)=O. The van der Waals surface area contributed by atoms with Crippen molar-refractivity contribution in [3.05, 3.63) is 85.0 Å². The van der Waals surface area contributed by atoms with Gasteiger partial charge in [-0.1, -0.05) is 114 Å². The molecule has 2 rings (SSSR count). The standard InChI is InChI=1S/C28H40O4SSi/c1-23(2)25(19-18-24(3)22-31-33(7,29)30)20-21-32-34(28(4,5)6,26-14-10-8-11-15-26)27-16-12-9-13-17-27/h8-19,23,25H,3,20-22H2,1-2,4-7H3/b19-18+/t25-/m0/s1. The summed E-state index contributed by atoms with van der Waals surface area (Å²) in [7, 11) is -6.04. The van der Waals surface area contributed by atoms with Gasteiger partial charge in [-0.2, -0.15) is 8.42 Å². The monoisotopic (exact) mass is 500 g/mol. The van der Waals surface area contributed by atoms with Crippen molar-refractivity contribution < 1.29 is 17.0 Å². The molecule has 0 aromatic heterocycles. The summed E-state index contributed by atoms with van der Waals surface area (Å²) in [5.74, 6) is 0.677. The van der Waals surface area contributed by atoms with Gasteiger partial charge in [-0.05, 0) is 39.2 Å². The fourth-order valence-electron chi connectivity index (χ4n) is 4.25. The van der Waals surface area contributed by atoms with Crippen molar-refractivity contribution in [1.29, 1.82) is 0 Å². The van der Waals surface area contributed by atoms with Crippen molar-refractivity contribution in [3.63, 3.8) is 0 Å². The summed E-state index contributed by atoms with van der Waals surface area (Å²) in [5, 5.41) is 2.49. The minimum Gasteiger partial charge on any atom is -0.407 e. The Balaban J connectivity index is 2.26. The van der Waals surface area contributed by atoms with Gasteiger partial charge in [-0.25, -0.2) is 0 Å². The number of rotatable bonds is 12. The Bertz CT molecular complexity index is 999. The molecule has 2 aromatic carbocycles. The Labute approximate surface area is 208 Å². The zero-order valence-corrected chi connectivity index (χ0v) is 23.3. The second-order valence-electron chi connectivity index (χ2n) is 10.2. The lowest BCUT2D eigenvalue weighted by molar-refractivity contribution is 0.258. The third-order valence-corrected chi connectivity index (χ3v) is 11.7. The van der Waals surface area contributed by atoms with E-state index in [1.807, 2.05) is 6.08 Å². The van der Waals surface area contributed by atoms with Crippen LogP contribution in [0.1, 0.15) is 41.0 Å². The molecule has 34 heavy (non-hydrogen) atoms. The van der Waals surface area contributed by atoms with Gasteiger partial charge in [0.2, 0.25) is 0 Å². The Morgan fingerprint density at radius 2 is 1.50 bits per heavy atom. The minimum atomic E-state index is -3.48. The first kappa shape index (κ1) is 28.2. The largest absolute Gasteiger partial charge is 0.407 e. The molecule has 0 N–H and O–H groups in total. The lowest BCUT2D eigenvalue weighted by Crippen LogP contribution is -2.66. The zero-order valence-electron chi connectivity index (χ0n) is 21.5. The van der Waals surface area contributed by atoms with Crippen LogP contribution >= 0.6 is 0 Å². The Kier molecular flexibility index (Phi) is 10.1. The van der Waals surface area contributed by atoms with E-state index in [1.54, 1.807) is 0 Å². The average Bonchev–Trinajstić information content (AvgIpc) is 2.77. The Morgan fingerprint density at radius 1 is 1.00 bits per heavy atom. The second kappa shape index (κ2) is 12.1. The molecule has 1 atom stereocenters. The van der Waals surface area contributed by atoms with Crippen molar-refractivity contribution in [2.45, 2.75) is 46.1 Å². The van der Waals surface area contributed by atoms with E-state index in [2.05, 4.69) is 108 Å². The van der Waals surface area contributed by atoms with Crippen LogP contribution in [-0.2, 0) is 18.7 Å². The second-order valence-corrected chi connectivity index (χ2v) is 16.1. The topological polar surface area (TPSA) is 52.6 Å². The molecule has 0 unspecified atom stereocenters. The van der Waals surface area contributed by atoms with Crippen molar-refractivity contribution >= 4 is 28.8 Å². The lowest BCUT2D eigenvalue weighted by atomic mass is 9.92. The third kappa shape index (κ3) is 7.77. The molecule has 6 heteroatoms. The molecule has 0 radical (unpaired) electrons. The van der Waals surface area contributed by atoms with Crippen LogP contribution in [-0.4, -0.2) is 36.2 Å². The highest BCUT2D eigenvalue weighted by Crippen LogP contribution is 2.37. The van der Waals surface area contributed by atoms with Crippen molar-refractivity contribution in [3.8, 4) is 0 Å². The van der Waals surface area contributed by atoms with Crippen molar-refractivity contribution in [2.24, 2.45) is 11.8 Å². The molecule has 0 aliphatic rings. The summed E-state index contributed by atoms with van der Waals surface area (Å²) >= 11 is 0. The fourth-order valence-corrected chi connectivity index (χ4v) is 9.20. The molecule has 0 spiro atoms. The molecule has 4 nitrogen and oxygen atoms in total. The fraction of sp³-hybridized carbons (Fsp3) is 0.429.